The van der Waals surface area contributed by atoms with Gasteiger partial charge in [-0.15, -0.1) is 0 Å². The Morgan fingerprint density at radius 1 is 1.44 bits per heavy atom. The molecule has 3 nitrogen and oxygen atoms in total. The van der Waals surface area contributed by atoms with Crippen LogP contribution in [-0.2, 0) is 4.79 Å². The van der Waals surface area contributed by atoms with Crippen LogP contribution >= 0.6 is 15.9 Å². The predicted octanol–water partition coefficient (Wildman–Crippen LogP) is -0.882. The summed E-state index contributed by atoms with van der Waals surface area (Å²) in [5.41, 5.74) is 2.31. The van der Waals surface area contributed by atoms with E-state index < -0.39 is 5.97 Å². The van der Waals surface area contributed by atoms with Crippen LogP contribution in [0.5, 0.6) is 0 Å². The average Bonchev–Trinajstić information content (AvgIpc) is 2.25. The molecule has 0 saturated heterocycles. The zero-order chi connectivity index (χ0) is 12.8. The number of halogens is 1. The van der Waals surface area contributed by atoms with E-state index in [2.05, 4.69) is 46.0 Å². The molecule has 0 atom stereocenters. The summed E-state index contributed by atoms with van der Waals surface area (Å²) in [4.78, 5) is 12.5. The van der Waals surface area contributed by atoms with Crippen LogP contribution in [-0.4, -0.2) is 19.1 Å². The van der Waals surface area contributed by atoms with Gasteiger partial charge in [-0.05, 0) is 60.3 Å². The van der Waals surface area contributed by atoms with Crippen LogP contribution in [0, 0.1) is 6.92 Å². The zero-order valence-corrected chi connectivity index (χ0v) is 15.9. The molecule has 0 saturated carbocycles. The van der Waals surface area contributed by atoms with E-state index in [-0.39, 0.29) is 57.8 Å². The molecule has 0 aliphatic carbocycles. The van der Waals surface area contributed by atoms with Gasteiger partial charge >= 0.3 is 51.4 Å². The Bertz CT molecular complexity index is 399. The van der Waals surface area contributed by atoms with E-state index >= 15 is 0 Å². The number of aryl methyl sites for hydroxylation is 1. The van der Waals surface area contributed by atoms with Crippen LogP contribution in [0.1, 0.15) is 25.3 Å². The molecule has 0 N–H and O–H groups in total. The smallest absolute Gasteiger partial charge is 0.550 e. The third kappa shape index (κ3) is 6.17. The standard InChI is InChI=1S/C13H18BrNO2.K/c1-3-15(8-4-5-13(16)17)12-7-6-10(2)9-11(12)14;/h6-7,9H,3-5,8H2,1-2H3,(H,16,17);/q;+1/p-1. The number of carbonyl (C=O) groups is 1. The number of nitrogens with zero attached hydrogens (tertiary/aromatic N) is 1. The number of hydrogen-bond donors (Lipinski definition) is 0. The van der Waals surface area contributed by atoms with Crippen LogP contribution < -0.4 is 61.4 Å². The Labute approximate surface area is 159 Å². The van der Waals surface area contributed by atoms with Crippen LogP contribution in [0.15, 0.2) is 22.7 Å². The molecule has 94 valence electrons. The third-order valence-corrected chi connectivity index (χ3v) is 3.27. The summed E-state index contributed by atoms with van der Waals surface area (Å²) in [6, 6.07) is 6.18. The van der Waals surface area contributed by atoms with Gasteiger partial charge in [-0.3, -0.25) is 0 Å². The first-order valence-electron chi connectivity index (χ1n) is 5.75. The molecule has 0 unspecified atom stereocenters. The number of hydrogen-bond acceptors (Lipinski definition) is 3. The molecule has 0 radical (unpaired) electrons. The Balaban J connectivity index is 0.00000289. The number of benzene rings is 1. The second kappa shape index (κ2) is 9.50. The van der Waals surface area contributed by atoms with Crippen molar-refractivity contribution in [2.24, 2.45) is 0 Å². The van der Waals surface area contributed by atoms with E-state index in [0.29, 0.717) is 6.42 Å². The van der Waals surface area contributed by atoms with Gasteiger partial charge in [0.1, 0.15) is 0 Å². The maximum Gasteiger partial charge on any atom is 1.00 e. The third-order valence-electron chi connectivity index (χ3n) is 2.63. The molecule has 18 heavy (non-hydrogen) atoms. The van der Waals surface area contributed by atoms with E-state index in [0.717, 1.165) is 23.2 Å². The van der Waals surface area contributed by atoms with Crippen molar-refractivity contribution in [3.05, 3.63) is 28.2 Å². The monoisotopic (exact) mass is 337 g/mol. The first-order valence-corrected chi connectivity index (χ1v) is 6.54. The molecule has 0 aliphatic rings. The van der Waals surface area contributed by atoms with Crippen molar-refractivity contribution in [2.45, 2.75) is 26.7 Å². The van der Waals surface area contributed by atoms with Crippen molar-refractivity contribution in [2.75, 3.05) is 18.0 Å². The normalized spacial score (nSPS) is 9.72. The van der Waals surface area contributed by atoms with Gasteiger partial charge in [0.2, 0.25) is 0 Å². The topological polar surface area (TPSA) is 43.4 Å². The van der Waals surface area contributed by atoms with Crippen LogP contribution in [0.3, 0.4) is 0 Å². The first-order chi connectivity index (χ1) is 8.04. The summed E-state index contributed by atoms with van der Waals surface area (Å²) in [5, 5.41) is 10.4. The molecule has 0 bridgehead atoms. The quantitative estimate of drug-likeness (QED) is 0.633. The minimum atomic E-state index is -0.982. The Morgan fingerprint density at radius 3 is 2.61 bits per heavy atom. The van der Waals surface area contributed by atoms with Crippen molar-refractivity contribution < 1.29 is 61.3 Å². The fraction of sp³-hybridized carbons (Fsp3) is 0.462. The summed E-state index contributed by atoms with van der Waals surface area (Å²) in [6.07, 6.45) is 0.719. The van der Waals surface area contributed by atoms with Crippen LogP contribution in [0.25, 0.3) is 0 Å². The predicted molar refractivity (Wildman–Crippen MR) is 71.0 cm³/mol. The fourth-order valence-corrected chi connectivity index (χ4v) is 2.48. The van der Waals surface area contributed by atoms with Crippen LogP contribution in [0.2, 0.25) is 0 Å². The maximum absolute atomic E-state index is 10.4. The van der Waals surface area contributed by atoms with Crippen molar-refractivity contribution in [1.82, 2.24) is 0 Å². The SMILES string of the molecule is CCN(CCCC(=O)[O-])c1ccc(C)cc1Br.[K+]. The van der Waals surface area contributed by atoms with Crippen molar-refractivity contribution in [3.63, 3.8) is 0 Å². The molecule has 0 heterocycles. The molecule has 0 amide bonds. The Hall–Kier alpha value is 0.606. The summed E-state index contributed by atoms with van der Waals surface area (Å²) < 4.78 is 1.05. The Kier molecular flexibility index (Phi) is 9.82. The van der Waals surface area contributed by atoms with E-state index in [9.17, 15) is 9.90 Å². The summed E-state index contributed by atoms with van der Waals surface area (Å²) >= 11 is 3.54. The molecule has 1 aromatic rings. The second-order valence-electron chi connectivity index (χ2n) is 4.01. The number of rotatable bonds is 6. The molecule has 1 aromatic carbocycles. The number of aliphatic carboxylic acids is 1. The van der Waals surface area contributed by atoms with Crippen molar-refractivity contribution in [1.29, 1.82) is 0 Å². The molecule has 5 heteroatoms. The van der Waals surface area contributed by atoms with Gasteiger partial charge in [0.05, 0.1) is 5.69 Å². The minimum Gasteiger partial charge on any atom is -0.550 e. The van der Waals surface area contributed by atoms with Gasteiger partial charge in [-0.1, -0.05) is 6.07 Å². The maximum atomic E-state index is 10.4. The fourth-order valence-electron chi connectivity index (χ4n) is 1.73. The largest absolute Gasteiger partial charge is 1.00 e. The summed E-state index contributed by atoms with van der Waals surface area (Å²) in [6.45, 7) is 5.69. The molecule has 0 aliphatic heterocycles. The van der Waals surface area contributed by atoms with E-state index in [1.165, 1.54) is 5.56 Å². The Morgan fingerprint density at radius 2 is 2.11 bits per heavy atom. The second-order valence-corrected chi connectivity index (χ2v) is 4.86. The van der Waals surface area contributed by atoms with E-state index in [4.69, 9.17) is 0 Å². The molecule has 1 rings (SSSR count). The average molecular weight is 338 g/mol. The van der Waals surface area contributed by atoms with E-state index in [1.807, 2.05) is 6.92 Å². The number of carbonyl (C=O) groups excluding carboxylic acids is 1. The number of anilines is 1. The molecule has 0 fully saturated rings. The molecule has 0 spiro atoms. The molecular formula is C13H17BrKNO2. The van der Waals surface area contributed by atoms with Gasteiger partial charge in [0, 0.05) is 23.5 Å². The molecular weight excluding hydrogens is 321 g/mol. The van der Waals surface area contributed by atoms with Gasteiger partial charge in [-0.2, -0.15) is 0 Å². The molecule has 0 aromatic heterocycles. The van der Waals surface area contributed by atoms with Gasteiger partial charge < -0.3 is 14.8 Å². The van der Waals surface area contributed by atoms with Crippen molar-refractivity contribution in [3.8, 4) is 0 Å². The summed E-state index contributed by atoms with van der Waals surface area (Å²) in [5.74, 6) is -0.982. The van der Waals surface area contributed by atoms with Gasteiger partial charge in [-0.25, -0.2) is 0 Å². The zero-order valence-electron chi connectivity index (χ0n) is 11.2. The summed E-state index contributed by atoms with van der Waals surface area (Å²) in [7, 11) is 0. The van der Waals surface area contributed by atoms with Gasteiger partial charge in [0.15, 0.2) is 0 Å². The van der Waals surface area contributed by atoms with Gasteiger partial charge in [0.25, 0.3) is 0 Å². The minimum absolute atomic E-state index is 0. The van der Waals surface area contributed by atoms with Crippen molar-refractivity contribution >= 4 is 27.6 Å². The number of carboxylic acids is 1. The van der Waals surface area contributed by atoms with E-state index in [1.54, 1.807) is 0 Å². The number of carboxylic acid groups (broad SMARTS) is 1. The first kappa shape index (κ1) is 18.6. The van der Waals surface area contributed by atoms with Crippen LogP contribution in [0.4, 0.5) is 5.69 Å².